The lowest BCUT2D eigenvalue weighted by atomic mass is 10.1. The molecule has 0 unspecified atom stereocenters. The lowest BCUT2D eigenvalue weighted by Gasteiger charge is -2.31. The number of nitriles is 1. The second-order valence-electron chi connectivity index (χ2n) is 9.01. The van der Waals surface area contributed by atoms with Crippen LogP contribution >= 0.6 is 0 Å². The largest absolute Gasteiger partial charge is 0.378 e. The first-order valence-electron chi connectivity index (χ1n) is 12.8. The average molecular weight is 501 g/mol. The third-order valence-electron chi connectivity index (χ3n) is 6.77. The van der Waals surface area contributed by atoms with Crippen molar-refractivity contribution < 1.29 is 13.9 Å². The fourth-order valence-corrected chi connectivity index (χ4v) is 4.83. The predicted octanol–water partition coefficient (Wildman–Crippen LogP) is 5.52. The Hall–Kier alpha value is -3.89. The number of carbonyl (C=O) groups is 1. The molecule has 6 nitrogen and oxygen atoms in total. The van der Waals surface area contributed by atoms with E-state index in [1.165, 1.54) is 23.4 Å². The van der Waals surface area contributed by atoms with Gasteiger partial charge in [0.2, 0.25) is 0 Å². The molecule has 1 aliphatic heterocycles. The molecule has 0 spiro atoms. The summed E-state index contributed by atoms with van der Waals surface area (Å²) >= 11 is 0. The number of allylic oxidation sites excluding steroid dienone is 3. The van der Waals surface area contributed by atoms with Gasteiger partial charge in [0.15, 0.2) is 0 Å². The van der Waals surface area contributed by atoms with Crippen LogP contribution in [0.1, 0.15) is 32.3 Å². The monoisotopic (exact) mass is 500 g/mol. The van der Waals surface area contributed by atoms with Crippen molar-refractivity contribution in [3.63, 3.8) is 0 Å². The number of amides is 1. The molecule has 0 atom stereocenters. The van der Waals surface area contributed by atoms with Gasteiger partial charge in [-0.25, -0.2) is 4.39 Å². The van der Waals surface area contributed by atoms with Gasteiger partial charge in [-0.3, -0.25) is 4.79 Å². The zero-order valence-electron chi connectivity index (χ0n) is 21.5. The average Bonchev–Trinajstić information content (AvgIpc) is 3.32. The highest BCUT2D eigenvalue weighted by molar-refractivity contribution is 6.07. The van der Waals surface area contributed by atoms with E-state index < -0.39 is 11.7 Å². The molecular formula is C30H33FN4O2. The van der Waals surface area contributed by atoms with Gasteiger partial charge >= 0.3 is 0 Å². The van der Waals surface area contributed by atoms with Crippen molar-refractivity contribution in [2.45, 2.75) is 26.7 Å². The zero-order chi connectivity index (χ0) is 26.2. The molecule has 1 heterocycles. The molecule has 1 fully saturated rings. The number of nitrogens with zero attached hydrogens (tertiary/aromatic N) is 3. The van der Waals surface area contributed by atoms with Crippen molar-refractivity contribution in [2.75, 3.05) is 49.6 Å². The first-order valence-corrected chi connectivity index (χ1v) is 12.8. The number of rotatable bonds is 8. The predicted molar refractivity (Wildman–Crippen MR) is 145 cm³/mol. The number of hydrogen-bond donors (Lipinski definition) is 1. The summed E-state index contributed by atoms with van der Waals surface area (Å²) < 4.78 is 19.6. The lowest BCUT2D eigenvalue weighted by molar-refractivity contribution is -0.112. The van der Waals surface area contributed by atoms with Crippen LogP contribution in [0.3, 0.4) is 0 Å². The Bertz CT molecular complexity index is 1250. The Labute approximate surface area is 218 Å². The fourth-order valence-electron chi connectivity index (χ4n) is 4.83. The van der Waals surface area contributed by atoms with E-state index in [0.717, 1.165) is 49.4 Å². The van der Waals surface area contributed by atoms with Gasteiger partial charge in [0.05, 0.1) is 18.9 Å². The summed E-state index contributed by atoms with van der Waals surface area (Å²) in [6, 6.07) is 16.5. The van der Waals surface area contributed by atoms with E-state index in [1.54, 1.807) is 18.2 Å². The van der Waals surface area contributed by atoms with Crippen molar-refractivity contribution in [1.82, 2.24) is 4.90 Å². The first kappa shape index (κ1) is 26.2. The van der Waals surface area contributed by atoms with Crippen LogP contribution in [0.15, 0.2) is 77.0 Å². The second-order valence-corrected chi connectivity index (χ2v) is 9.01. The van der Waals surface area contributed by atoms with Crippen molar-refractivity contribution in [3.05, 3.63) is 88.4 Å². The van der Waals surface area contributed by atoms with Crippen molar-refractivity contribution in [2.24, 2.45) is 0 Å². The van der Waals surface area contributed by atoms with Gasteiger partial charge in [-0.1, -0.05) is 24.3 Å². The van der Waals surface area contributed by atoms with E-state index in [2.05, 4.69) is 59.3 Å². The second kappa shape index (κ2) is 12.4. The molecule has 0 saturated carbocycles. The smallest absolute Gasteiger partial charge is 0.266 e. The highest BCUT2D eigenvalue weighted by Gasteiger charge is 2.26. The summed E-state index contributed by atoms with van der Waals surface area (Å²) in [5.74, 6) is -1.16. The Balaban J connectivity index is 1.66. The molecule has 2 aliphatic rings. The Kier molecular flexibility index (Phi) is 8.76. The molecule has 0 bridgehead atoms. The minimum Gasteiger partial charge on any atom is -0.378 e. The van der Waals surface area contributed by atoms with Crippen LogP contribution < -0.4 is 10.2 Å². The van der Waals surface area contributed by atoms with Crippen LogP contribution in [0, 0.1) is 17.1 Å². The van der Waals surface area contributed by atoms with Gasteiger partial charge in [0, 0.05) is 37.6 Å². The molecular weight excluding hydrogens is 467 g/mol. The molecule has 37 heavy (non-hydrogen) atoms. The molecule has 4 rings (SSSR count). The van der Waals surface area contributed by atoms with Crippen molar-refractivity contribution in [3.8, 4) is 6.07 Å². The molecule has 1 N–H and O–H groups in total. The number of benzene rings is 2. The standard InChI is InChI=1S/C30H33FN4O2/c1-3-34(4-2)26-13-9-22(10-14-26)19-23-11-12-24(29(23)35-15-17-37-18-16-35)20-25(21-32)30(36)33-28-8-6-5-7-27(28)31/h5-10,13-14,19-20H,3-4,11-12,15-18H2,1-2H3,(H,33,36). The fraction of sp³-hybridized carbons (Fsp3) is 0.333. The van der Waals surface area contributed by atoms with Gasteiger partial charge in [0.25, 0.3) is 5.91 Å². The van der Waals surface area contributed by atoms with E-state index in [-0.39, 0.29) is 11.3 Å². The highest BCUT2D eigenvalue weighted by atomic mass is 19.1. The molecule has 0 aromatic heterocycles. The lowest BCUT2D eigenvalue weighted by Crippen LogP contribution is -2.36. The highest BCUT2D eigenvalue weighted by Crippen LogP contribution is 2.37. The van der Waals surface area contributed by atoms with Gasteiger partial charge in [-0.2, -0.15) is 5.26 Å². The normalized spacial score (nSPS) is 17.2. The molecule has 0 radical (unpaired) electrons. The number of hydrogen-bond acceptors (Lipinski definition) is 5. The van der Waals surface area contributed by atoms with Gasteiger partial charge in [-0.05, 0) is 79.8 Å². The van der Waals surface area contributed by atoms with Crippen LogP contribution in [-0.2, 0) is 9.53 Å². The number of carbonyl (C=O) groups excluding carboxylic acids is 1. The molecule has 1 amide bonds. The summed E-state index contributed by atoms with van der Waals surface area (Å²) in [6.45, 7) is 8.97. The van der Waals surface area contributed by atoms with E-state index >= 15 is 0 Å². The van der Waals surface area contributed by atoms with Crippen LogP contribution in [0.25, 0.3) is 6.08 Å². The van der Waals surface area contributed by atoms with Crippen LogP contribution in [0.4, 0.5) is 15.8 Å². The van der Waals surface area contributed by atoms with Gasteiger partial charge < -0.3 is 19.9 Å². The Morgan fingerprint density at radius 1 is 1.11 bits per heavy atom. The van der Waals surface area contributed by atoms with Crippen molar-refractivity contribution in [1.29, 1.82) is 5.26 Å². The molecule has 192 valence electrons. The molecule has 1 saturated heterocycles. The summed E-state index contributed by atoms with van der Waals surface area (Å²) in [5, 5.41) is 12.3. The number of anilines is 2. The van der Waals surface area contributed by atoms with Gasteiger partial charge in [-0.15, -0.1) is 0 Å². The van der Waals surface area contributed by atoms with E-state index in [9.17, 15) is 14.4 Å². The molecule has 2 aromatic carbocycles. The number of halogens is 1. The topological polar surface area (TPSA) is 68.6 Å². The minimum atomic E-state index is -0.620. The number of para-hydroxylation sites is 1. The molecule has 2 aromatic rings. The molecule has 7 heteroatoms. The summed E-state index contributed by atoms with van der Waals surface area (Å²) in [4.78, 5) is 17.4. The quantitative estimate of drug-likeness (QED) is 0.382. The Morgan fingerprint density at radius 2 is 1.81 bits per heavy atom. The van der Waals surface area contributed by atoms with E-state index in [4.69, 9.17) is 4.74 Å². The zero-order valence-corrected chi connectivity index (χ0v) is 21.5. The van der Waals surface area contributed by atoms with Crippen molar-refractivity contribution >= 4 is 23.4 Å². The third kappa shape index (κ3) is 6.28. The van der Waals surface area contributed by atoms with E-state index in [1.807, 2.05) is 6.07 Å². The van der Waals surface area contributed by atoms with Crippen LogP contribution in [0.2, 0.25) is 0 Å². The summed E-state index contributed by atoms with van der Waals surface area (Å²) in [7, 11) is 0. The number of morpholine rings is 1. The number of ether oxygens (including phenoxy) is 1. The van der Waals surface area contributed by atoms with Crippen LogP contribution in [0.5, 0.6) is 0 Å². The summed E-state index contributed by atoms with van der Waals surface area (Å²) in [6.07, 6.45) is 5.38. The SMILES string of the molecule is CCN(CC)c1ccc(C=C2CCC(C=C(C#N)C(=O)Nc3ccccc3F)=C2N2CCOCC2)cc1. The van der Waals surface area contributed by atoms with E-state index in [0.29, 0.717) is 19.6 Å². The third-order valence-corrected chi connectivity index (χ3v) is 6.77. The first-order chi connectivity index (χ1) is 18.0. The Morgan fingerprint density at radius 3 is 2.46 bits per heavy atom. The number of nitrogens with one attached hydrogen (secondary N) is 1. The maximum atomic E-state index is 14.0. The maximum absolute atomic E-state index is 14.0. The van der Waals surface area contributed by atoms with Crippen LogP contribution in [-0.4, -0.2) is 50.2 Å². The minimum absolute atomic E-state index is 0.0474. The van der Waals surface area contributed by atoms with Gasteiger partial charge in [0.1, 0.15) is 17.5 Å². The maximum Gasteiger partial charge on any atom is 0.266 e. The summed E-state index contributed by atoms with van der Waals surface area (Å²) in [5.41, 5.74) is 5.49. The molecule has 1 aliphatic carbocycles.